The van der Waals surface area contributed by atoms with Crippen LogP contribution in [-0.2, 0) is 25.2 Å². The van der Waals surface area contributed by atoms with Crippen molar-refractivity contribution < 1.29 is 50.2 Å². The molecule has 0 aliphatic carbocycles. The molecule has 0 aromatic heterocycles. The van der Waals surface area contributed by atoms with Crippen LogP contribution >= 0.6 is 0 Å². The van der Waals surface area contributed by atoms with Crippen LogP contribution in [0.5, 0.6) is 34.5 Å². The number of nitrogens with two attached hydrogens (primary N) is 1. The van der Waals surface area contributed by atoms with E-state index in [2.05, 4.69) is 0 Å². The fourth-order valence-corrected chi connectivity index (χ4v) is 4.07. The van der Waals surface area contributed by atoms with Crippen LogP contribution in [0.3, 0.4) is 0 Å². The Hall–Kier alpha value is -5.14. The number of hydrogen-bond donors (Lipinski definition) is 1. The van der Waals surface area contributed by atoms with Crippen molar-refractivity contribution in [3.63, 3.8) is 0 Å². The molecule has 8 nitrogen and oxygen atoms in total. The smallest absolute Gasteiger partial charge is 0.420 e. The van der Waals surface area contributed by atoms with Gasteiger partial charge in [0.25, 0.3) is 5.69 Å². The molecule has 14 heteroatoms. The van der Waals surface area contributed by atoms with Crippen LogP contribution in [0, 0.1) is 10.1 Å². The minimum Gasteiger partial charge on any atom is -0.493 e. The molecule has 0 bridgehead atoms. The van der Waals surface area contributed by atoms with Crippen LogP contribution in [0.15, 0.2) is 72.8 Å². The lowest BCUT2D eigenvalue weighted by molar-refractivity contribution is -0.385. The average Bonchev–Trinajstić information content (AvgIpc) is 3.01. The lowest BCUT2D eigenvalue weighted by Crippen LogP contribution is -2.08. The summed E-state index contributed by atoms with van der Waals surface area (Å²) >= 11 is 0. The molecule has 0 heterocycles. The van der Waals surface area contributed by atoms with E-state index in [0.29, 0.717) is 11.8 Å². The molecule has 4 aromatic rings. The summed E-state index contributed by atoms with van der Waals surface area (Å²) in [4.78, 5) is 9.80. The Labute approximate surface area is 260 Å². The first-order valence-corrected chi connectivity index (χ1v) is 13.6. The third-order valence-electron chi connectivity index (χ3n) is 6.50. The Bertz CT molecular complexity index is 1670. The van der Waals surface area contributed by atoms with Crippen molar-refractivity contribution in [3.05, 3.63) is 105 Å². The van der Waals surface area contributed by atoms with Crippen molar-refractivity contribution >= 4 is 11.4 Å². The van der Waals surface area contributed by atoms with E-state index in [9.17, 15) is 36.5 Å². The summed E-state index contributed by atoms with van der Waals surface area (Å²) in [6, 6.07) is 15.7. The Morgan fingerprint density at radius 1 is 0.630 bits per heavy atom. The Morgan fingerprint density at radius 2 is 1.04 bits per heavy atom. The first kappa shape index (κ1) is 35.3. The van der Waals surface area contributed by atoms with Crippen molar-refractivity contribution in [2.45, 2.75) is 39.0 Å². The number of non-ortho nitro benzene ring substituents is 1. The quantitative estimate of drug-likeness (QED) is 0.0831. The van der Waals surface area contributed by atoms with Crippen molar-refractivity contribution in [2.75, 3.05) is 20.0 Å². The zero-order valence-electron chi connectivity index (χ0n) is 25.1. The zero-order valence-corrected chi connectivity index (χ0v) is 25.1. The summed E-state index contributed by atoms with van der Waals surface area (Å²) in [7, 11) is 2.82. The van der Waals surface area contributed by atoms with Crippen molar-refractivity contribution in [3.8, 4) is 34.5 Å². The van der Waals surface area contributed by atoms with E-state index in [4.69, 9.17) is 24.7 Å². The largest absolute Gasteiger partial charge is 0.493 e. The highest BCUT2D eigenvalue weighted by Gasteiger charge is 2.37. The Balaban J connectivity index is 0.000000251. The van der Waals surface area contributed by atoms with Gasteiger partial charge in [0.05, 0.1) is 19.1 Å². The highest BCUT2D eigenvalue weighted by molar-refractivity contribution is 5.53. The molecule has 0 atom stereocenters. The van der Waals surface area contributed by atoms with E-state index in [1.165, 1.54) is 32.4 Å². The van der Waals surface area contributed by atoms with E-state index < -0.39 is 39.8 Å². The number of nitrogens with zero attached hydrogens (tertiary/aromatic N) is 1. The van der Waals surface area contributed by atoms with Gasteiger partial charge in [0.15, 0.2) is 23.0 Å². The van der Waals surface area contributed by atoms with Crippen LogP contribution in [0.4, 0.5) is 37.7 Å². The lowest BCUT2D eigenvalue weighted by atomic mass is 10.1. The Kier molecular flexibility index (Phi) is 11.3. The van der Waals surface area contributed by atoms with Crippen LogP contribution in [0.1, 0.15) is 36.1 Å². The van der Waals surface area contributed by atoms with Gasteiger partial charge in [-0.3, -0.25) is 10.1 Å². The van der Waals surface area contributed by atoms with Gasteiger partial charge >= 0.3 is 12.4 Å². The van der Waals surface area contributed by atoms with Crippen LogP contribution < -0.4 is 24.7 Å². The Morgan fingerprint density at radius 3 is 1.43 bits per heavy atom. The number of anilines is 1. The second kappa shape index (κ2) is 14.8. The molecule has 0 aliphatic heterocycles. The molecule has 0 spiro atoms. The molecule has 0 amide bonds. The highest BCUT2D eigenvalue weighted by Crippen LogP contribution is 2.43. The van der Waals surface area contributed by atoms with E-state index in [1.54, 1.807) is 30.3 Å². The number of methoxy groups -OCH3 is 2. The number of nitro groups is 1. The fourth-order valence-electron chi connectivity index (χ4n) is 4.07. The molecule has 46 heavy (non-hydrogen) atoms. The number of aryl methyl sites for hydroxylation is 2. The molecule has 0 saturated carbocycles. The van der Waals surface area contributed by atoms with Crippen molar-refractivity contribution in [1.29, 1.82) is 0 Å². The molecule has 0 aliphatic rings. The van der Waals surface area contributed by atoms with Crippen LogP contribution in [0.25, 0.3) is 0 Å². The van der Waals surface area contributed by atoms with Gasteiger partial charge in [0.2, 0.25) is 0 Å². The second-order valence-electron chi connectivity index (χ2n) is 9.57. The maximum absolute atomic E-state index is 13.2. The number of hydrogen-bond acceptors (Lipinski definition) is 7. The maximum atomic E-state index is 13.2. The minimum atomic E-state index is -4.79. The summed E-state index contributed by atoms with van der Waals surface area (Å²) in [5.74, 6) is 0.119. The SMILES string of the molecule is CCc1ccc(Oc2ccc(N)cc2C(F)(F)F)c(OC)c1.CCc1ccc(Oc2ccc([N+](=O)[O-])cc2C(F)(F)F)c(OC)c1. The summed E-state index contributed by atoms with van der Waals surface area (Å²) in [5.41, 5.74) is 4.57. The van der Waals surface area contributed by atoms with Crippen molar-refractivity contribution in [1.82, 2.24) is 0 Å². The molecule has 4 rings (SSSR count). The number of nitrogen functional groups attached to an aromatic ring is 1. The van der Waals surface area contributed by atoms with E-state index in [-0.39, 0.29) is 28.7 Å². The summed E-state index contributed by atoms with van der Waals surface area (Å²) < 4.78 is 99.7. The molecular formula is C32H30F6N2O6. The maximum Gasteiger partial charge on any atom is 0.420 e. The number of alkyl halides is 6. The molecule has 0 unspecified atom stereocenters. The van der Waals surface area contributed by atoms with Gasteiger partial charge in [-0.15, -0.1) is 0 Å². The summed E-state index contributed by atoms with van der Waals surface area (Å²) in [6.45, 7) is 3.89. The minimum absolute atomic E-state index is 0.0213. The number of halogens is 6. The van der Waals surface area contributed by atoms with Gasteiger partial charge in [-0.2, -0.15) is 26.3 Å². The second-order valence-corrected chi connectivity index (χ2v) is 9.57. The van der Waals surface area contributed by atoms with Crippen molar-refractivity contribution in [2.24, 2.45) is 0 Å². The molecule has 0 saturated heterocycles. The zero-order chi connectivity index (χ0) is 34.2. The van der Waals surface area contributed by atoms with E-state index in [1.807, 2.05) is 13.8 Å². The fraction of sp³-hybridized carbons (Fsp3) is 0.250. The normalized spacial score (nSPS) is 11.3. The van der Waals surface area contributed by atoms with Gasteiger partial charge in [-0.05, 0) is 72.5 Å². The topological polar surface area (TPSA) is 106 Å². The average molecular weight is 653 g/mol. The molecule has 246 valence electrons. The van der Waals surface area contributed by atoms with Gasteiger partial charge in [-0.25, -0.2) is 0 Å². The molecule has 4 aromatic carbocycles. The third-order valence-corrected chi connectivity index (χ3v) is 6.50. The summed E-state index contributed by atoms with van der Waals surface area (Å²) in [5, 5.41) is 10.7. The van der Waals surface area contributed by atoms with Gasteiger partial charge in [0.1, 0.15) is 22.6 Å². The standard InChI is InChI=1S/C16H14F3NO4.C16H16F3NO2/c1-3-10-4-6-14(15(8-10)23-2)24-13-7-5-11(20(21)22)9-12(13)16(17,18)19;1-3-10-4-6-14(15(8-10)21-2)22-13-7-5-11(20)9-12(13)16(17,18)19/h4-9H,3H2,1-2H3;4-9H,3,20H2,1-2H3. The van der Waals surface area contributed by atoms with Gasteiger partial charge in [0, 0.05) is 17.8 Å². The predicted molar refractivity (Wildman–Crippen MR) is 159 cm³/mol. The number of nitro benzene ring substituents is 1. The summed E-state index contributed by atoms with van der Waals surface area (Å²) in [6.07, 6.45) is -7.84. The monoisotopic (exact) mass is 652 g/mol. The number of benzene rings is 4. The van der Waals surface area contributed by atoms with Gasteiger partial charge in [-0.1, -0.05) is 26.0 Å². The molecule has 0 fully saturated rings. The molecule has 0 radical (unpaired) electrons. The highest BCUT2D eigenvalue weighted by atomic mass is 19.4. The van der Waals surface area contributed by atoms with E-state index in [0.717, 1.165) is 42.2 Å². The first-order valence-electron chi connectivity index (χ1n) is 13.6. The first-order chi connectivity index (χ1) is 21.6. The number of rotatable bonds is 9. The number of ether oxygens (including phenoxy) is 4. The van der Waals surface area contributed by atoms with Crippen LogP contribution in [0.2, 0.25) is 0 Å². The van der Waals surface area contributed by atoms with Crippen LogP contribution in [-0.4, -0.2) is 19.1 Å². The predicted octanol–water partition coefficient (Wildman–Crippen LogP) is 9.63. The lowest BCUT2D eigenvalue weighted by Gasteiger charge is -2.16. The molecular weight excluding hydrogens is 622 g/mol. The van der Waals surface area contributed by atoms with Gasteiger partial charge < -0.3 is 24.7 Å². The third kappa shape index (κ3) is 8.96. The molecule has 2 N–H and O–H groups in total. The van der Waals surface area contributed by atoms with E-state index >= 15 is 0 Å².